The van der Waals surface area contributed by atoms with E-state index >= 15 is 0 Å². The van der Waals surface area contributed by atoms with Crippen LogP contribution in [-0.2, 0) is 0 Å². The fourth-order valence-corrected chi connectivity index (χ4v) is 6.42. The van der Waals surface area contributed by atoms with E-state index in [2.05, 4.69) is 25.7 Å². The van der Waals surface area contributed by atoms with Crippen molar-refractivity contribution < 1.29 is 27.8 Å². The molecule has 3 unspecified atom stereocenters. The van der Waals surface area contributed by atoms with Crippen LogP contribution in [0.1, 0.15) is 71.6 Å². The van der Waals surface area contributed by atoms with Crippen LogP contribution in [0, 0.1) is 16.7 Å². The molecular formula is C28H36F4O2. The summed E-state index contributed by atoms with van der Waals surface area (Å²) < 4.78 is 53.2. The number of hydrogen-bond acceptors (Lipinski definition) is 2. The van der Waals surface area contributed by atoms with Gasteiger partial charge in [-0.2, -0.15) is 13.2 Å². The van der Waals surface area contributed by atoms with Gasteiger partial charge in [0.2, 0.25) is 0 Å². The van der Waals surface area contributed by atoms with Crippen LogP contribution in [0.15, 0.2) is 59.3 Å². The summed E-state index contributed by atoms with van der Waals surface area (Å²) >= 11 is 0. The summed E-state index contributed by atoms with van der Waals surface area (Å²) in [6.07, 6.45) is 9.07. The van der Waals surface area contributed by atoms with Crippen molar-refractivity contribution in [1.82, 2.24) is 0 Å². The number of allylic oxidation sites excluding steroid dienone is 7. The second kappa shape index (κ2) is 8.77. The average molecular weight is 481 g/mol. The molecule has 4 aliphatic carbocycles. The van der Waals surface area contributed by atoms with E-state index in [1.165, 1.54) is 17.2 Å². The molecule has 0 aromatic carbocycles. The van der Waals surface area contributed by atoms with E-state index in [9.17, 15) is 27.8 Å². The molecule has 4 aliphatic rings. The number of rotatable bonds is 5. The number of halogens is 4. The molecule has 0 aromatic heterocycles. The van der Waals surface area contributed by atoms with Gasteiger partial charge in [-0.15, -0.1) is 0 Å². The van der Waals surface area contributed by atoms with Crippen LogP contribution in [-0.4, -0.2) is 34.3 Å². The molecular weight excluding hydrogens is 444 g/mol. The van der Waals surface area contributed by atoms with Gasteiger partial charge in [-0.1, -0.05) is 49.0 Å². The quantitative estimate of drug-likeness (QED) is 0.327. The molecule has 188 valence electrons. The summed E-state index contributed by atoms with van der Waals surface area (Å²) in [5.41, 5.74) is 0.963. The van der Waals surface area contributed by atoms with Crippen molar-refractivity contribution in [1.29, 1.82) is 0 Å². The number of alkyl halides is 4. The third kappa shape index (κ3) is 4.60. The Labute approximate surface area is 199 Å². The first kappa shape index (κ1) is 25.4. The standard InChI is InChI=1S/C28H36F4O2/c1-18-20(16-21(33)17-23(18)29)8-7-19-6-4-11-25(2)22(19)9-10-24(25)27(14-15-27)13-5-12-26(3,34)28(30,31)32/h5,7-8,10,12,21-23,33-34H,1,4,6,9,11,13-17H2,2-3H3/b12-5-,19-7+,20-8-/t21?,22?,23-,25-,26?/m0/s1. The number of fused-ring (bicyclic) bond motifs is 1. The summed E-state index contributed by atoms with van der Waals surface area (Å²) in [7, 11) is 0. The lowest BCUT2D eigenvalue weighted by Gasteiger charge is -2.43. The minimum Gasteiger partial charge on any atom is -0.393 e. The molecule has 0 saturated heterocycles. The van der Waals surface area contributed by atoms with Gasteiger partial charge in [-0.05, 0) is 92.3 Å². The second-order valence-corrected chi connectivity index (χ2v) is 11.2. The van der Waals surface area contributed by atoms with Crippen molar-refractivity contribution in [2.45, 2.75) is 95.7 Å². The molecule has 0 amide bonds. The third-order valence-corrected chi connectivity index (χ3v) is 8.72. The van der Waals surface area contributed by atoms with Gasteiger partial charge < -0.3 is 10.2 Å². The molecule has 0 aliphatic heterocycles. The summed E-state index contributed by atoms with van der Waals surface area (Å²) in [4.78, 5) is 0. The maximum absolute atomic E-state index is 14.1. The van der Waals surface area contributed by atoms with E-state index in [0.717, 1.165) is 57.1 Å². The second-order valence-electron chi connectivity index (χ2n) is 11.2. The van der Waals surface area contributed by atoms with Crippen molar-refractivity contribution in [2.75, 3.05) is 0 Å². The zero-order valence-corrected chi connectivity index (χ0v) is 20.1. The normalized spacial score (nSPS) is 37.7. The average Bonchev–Trinajstić information content (AvgIpc) is 3.41. The zero-order valence-electron chi connectivity index (χ0n) is 20.1. The molecule has 2 N–H and O–H groups in total. The highest BCUT2D eigenvalue weighted by molar-refractivity contribution is 5.42. The fraction of sp³-hybridized carbons (Fsp3) is 0.643. The van der Waals surface area contributed by atoms with Gasteiger partial charge in [0, 0.05) is 6.42 Å². The highest BCUT2D eigenvalue weighted by Gasteiger charge is 2.56. The fourth-order valence-electron chi connectivity index (χ4n) is 6.42. The van der Waals surface area contributed by atoms with Crippen molar-refractivity contribution >= 4 is 0 Å². The Morgan fingerprint density at radius 2 is 1.91 bits per heavy atom. The molecule has 0 aromatic rings. The van der Waals surface area contributed by atoms with Gasteiger partial charge in [0.25, 0.3) is 0 Å². The smallest absolute Gasteiger partial charge is 0.393 e. The summed E-state index contributed by atoms with van der Waals surface area (Å²) in [5, 5.41) is 19.7. The van der Waals surface area contributed by atoms with Crippen molar-refractivity contribution in [3.63, 3.8) is 0 Å². The molecule has 4 rings (SSSR count). The topological polar surface area (TPSA) is 40.5 Å². The molecule has 3 saturated carbocycles. The first-order chi connectivity index (χ1) is 15.8. The van der Waals surface area contributed by atoms with Crippen molar-refractivity contribution in [3.8, 4) is 0 Å². The van der Waals surface area contributed by atoms with E-state index in [1.54, 1.807) is 0 Å². The highest BCUT2D eigenvalue weighted by atomic mass is 19.4. The van der Waals surface area contributed by atoms with Crippen molar-refractivity contribution in [2.24, 2.45) is 16.7 Å². The lowest BCUT2D eigenvalue weighted by Crippen LogP contribution is -2.40. The van der Waals surface area contributed by atoms with Crippen LogP contribution in [0.3, 0.4) is 0 Å². The van der Waals surface area contributed by atoms with E-state index in [1.807, 2.05) is 6.08 Å². The van der Waals surface area contributed by atoms with Crippen LogP contribution in [0.5, 0.6) is 0 Å². The first-order valence-electron chi connectivity index (χ1n) is 12.4. The predicted molar refractivity (Wildman–Crippen MR) is 126 cm³/mol. The van der Waals surface area contributed by atoms with Gasteiger partial charge >= 0.3 is 6.18 Å². The molecule has 0 bridgehead atoms. The van der Waals surface area contributed by atoms with Crippen molar-refractivity contribution in [3.05, 3.63) is 59.3 Å². The molecule has 0 spiro atoms. The Balaban J connectivity index is 1.51. The highest BCUT2D eigenvalue weighted by Crippen LogP contribution is 2.67. The van der Waals surface area contributed by atoms with E-state index in [0.29, 0.717) is 24.3 Å². The number of hydrogen-bond donors (Lipinski definition) is 2. The summed E-state index contributed by atoms with van der Waals surface area (Å²) in [6.45, 7) is 6.95. The van der Waals surface area contributed by atoms with Crippen LogP contribution in [0.2, 0.25) is 0 Å². The molecule has 3 fully saturated rings. The first-order valence-corrected chi connectivity index (χ1v) is 12.4. The van der Waals surface area contributed by atoms with Crippen LogP contribution >= 0.6 is 0 Å². The maximum atomic E-state index is 14.1. The Bertz CT molecular complexity index is 948. The molecule has 2 nitrogen and oxygen atoms in total. The molecule has 0 heterocycles. The zero-order chi connectivity index (χ0) is 24.9. The van der Waals surface area contributed by atoms with Gasteiger partial charge in [0.05, 0.1) is 6.10 Å². The van der Waals surface area contributed by atoms with E-state index < -0.39 is 24.1 Å². The van der Waals surface area contributed by atoms with Gasteiger partial charge in [0.1, 0.15) is 6.17 Å². The Hall–Kier alpha value is -1.66. The SMILES string of the molecule is C=C1/C(=C\C=C2/CCC[C@]3(C)C(C4(C/C=C\C(C)(O)C(F)(F)F)CC4)=CCC23)CC(O)C[C@@H]1F. The van der Waals surface area contributed by atoms with Gasteiger partial charge in [-0.3, -0.25) is 0 Å². The molecule has 34 heavy (non-hydrogen) atoms. The minimum absolute atomic E-state index is 0.0365. The van der Waals surface area contributed by atoms with E-state index in [-0.39, 0.29) is 17.3 Å². The monoisotopic (exact) mass is 480 g/mol. The maximum Gasteiger partial charge on any atom is 0.420 e. The Kier molecular flexibility index (Phi) is 6.56. The van der Waals surface area contributed by atoms with Gasteiger partial charge in [-0.25, -0.2) is 4.39 Å². The Morgan fingerprint density at radius 1 is 1.21 bits per heavy atom. The molecule has 0 radical (unpaired) electrons. The summed E-state index contributed by atoms with van der Waals surface area (Å²) in [6, 6.07) is 0. The Morgan fingerprint density at radius 3 is 2.56 bits per heavy atom. The lowest BCUT2D eigenvalue weighted by atomic mass is 9.61. The van der Waals surface area contributed by atoms with Crippen LogP contribution in [0.25, 0.3) is 0 Å². The number of aliphatic hydroxyl groups is 2. The summed E-state index contributed by atoms with van der Waals surface area (Å²) in [5.74, 6) is 0.329. The van der Waals surface area contributed by atoms with Crippen LogP contribution in [0.4, 0.5) is 17.6 Å². The molecule has 5 atom stereocenters. The molecule has 6 heteroatoms. The lowest BCUT2D eigenvalue weighted by molar-refractivity contribution is -0.232. The van der Waals surface area contributed by atoms with E-state index in [4.69, 9.17) is 0 Å². The number of aliphatic hydroxyl groups excluding tert-OH is 1. The van der Waals surface area contributed by atoms with Crippen LogP contribution < -0.4 is 0 Å². The largest absolute Gasteiger partial charge is 0.420 e. The minimum atomic E-state index is -4.69. The third-order valence-electron chi connectivity index (χ3n) is 8.72. The predicted octanol–water partition coefficient (Wildman–Crippen LogP) is 7.06. The van der Waals surface area contributed by atoms with Gasteiger partial charge in [0.15, 0.2) is 5.60 Å².